The zero-order chi connectivity index (χ0) is 20.6. The zero-order valence-corrected chi connectivity index (χ0v) is 18.6. The van der Waals surface area contributed by atoms with Crippen LogP contribution in [0.25, 0.3) is 0 Å². The number of piperazine rings is 1. The van der Waals surface area contributed by atoms with Crippen molar-refractivity contribution in [2.75, 3.05) is 32.7 Å². The summed E-state index contributed by atoms with van der Waals surface area (Å²) in [4.78, 5) is 18.5. The van der Waals surface area contributed by atoms with Crippen molar-refractivity contribution in [3.63, 3.8) is 0 Å². The molecule has 1 aromatic heterocycles. The van der Waals surface area contributed by atoms with E-state index in [0.29, 0.717) is 32.7 Å². The minimum absolute atomic E-state index is 0.115. The van der Waals surface area contributed by atoms with Crippen molar-refractivity contribution < 1.29 is 13.2 Å². The van der Waals surface area contributed by atoms with E-state index in [1.54, 1.807) is 29.5 Å². The van der Waals surface area contributed by atoms with Gasteiger partial charge in [0.25, 0.3) is 0 Å². The molecule has 4 rings (SSSR count). The van der Waals surface area contributed by atoms with Gasteiger partial charge in [-0.1, -0.05) is 23.7 Å². The molecule has 2 aromatic rings. The molecule has 156 valence electrons. The van der Waals surface area contributed by atoms with Crippen LogP contribution in [0.5, 0.6) is 0 Å². The predicted molar refractivity (Wildman–Crippen MR) is 115 cm³/mol. The van der Waals surface area contributed by atoms with Crippen molar-refractivity contribution in [2.45, 2.75) is 30.8 Å². The molecule has 1 saturated heterocycles. The summed E-state index contributed by atoms with van der Waals surface area (Å²) in [6.07, 6.45) is 0.912. The highest BCUT2D eigenvalue weighted by molar-refractivity contribution is 7.89. The van der Waals surface area contributed by atoms with Gasteiger partial charge in [-0.15, -0.1) is 11.3 Å². The normalized spacial score (nSPS) is 19.7. The zero-order valence-electron chi connectivity index (χ0n) is 16.3. The van der Waals surface area contributed by atoms with Crippen LogP contribution >= 0.6 is 22.9 Å². The molecule has 6 nitrogen and oxygen atoms in total. The first-order valence-electron chi connectivity index (χ1n) is 9.70. The minimum Gasteiger partial charge on any atom is -0.337 e. The van der Waals surface area contributed by atoms with Crippen molar-refractivity contribution in [3.05, 3.63) is 51.2 Å². The summed E-state index contributed by atoms with van der Waals surface area (Å²) in [5, 5.41) is 2.32. The van der Waals surface area contributed by atoms with E-state index in [4.69, 9.17) is 11.6 Å². The SMILES string of the molecule is CC(C(=O)N1CCc2sccc2C1)N1CCN(S(=O)(=O)c2ccccc2Cl)CC1. The molecule has 0 saturated carbocycles. The molecule has 2 aliphatic rings. The lowest BCUT2D eigenvalue weighted by molar-refractivity contribution is -0.137. The quantitative estimate of drug-likeness (QED) is 0.714. The van der Waals surface area contributed by atoms with Gasteiger partial charge >= 0.3 is 0 Å². The molecule has 1 amide bonds. The Hall–Kier alpha value is -1.45. The van der Waals surface area contributed by atoms with Crippen molar-refractivity contribution in [3.8, 4) is 0 Å². The van der Waals surface area contributed by atoms with Gasteiger partial charge in [0.1, 0.15) is 4.90 Å². The number of amides is 1. The molecule has 1 fully saturated rings. The van der Waals surface area contributed by atoms with Crippen LogP contribution in [0.2, 0.25) is 5.02 Å². The second-order valence-corrected chi connectivity index (χ2v) is 10.7. The third-order valence-electron chi connectivity index (χ3n) is 5.75. The number of rotatable bonds is 4. The summed E-state index contributed by atoms with van der Waals surface area (Å²) >= 11 is 7.85. The summed E-state index contributed by atoms with van der Waals surface area (Å²) < 4.78 is 27.3. The Kier molecular flexibility index (Phi) is 5.99. The maximum atomic E-state index is 13.0. The Morgan fingerprint density at radius 2 is 1.83 bits per heavy atom. The Labute approximate surface area is 180 Å². The van der Waals surface area contributed by atoms with Crippen LogP contribution in [-0.2, 0) is 27.8 Å². The molecule has 0 aliphatic carbocycles. The number of benzene rings is 1. The van der Waals surface area contributed by atoms with Gasteiger partial charge in [-0.05, 0) is 42.5 Å². The highest BCUT2D eigenvalue weighted by atomic mass is 35.5. The lowest BCUT2D eigenvalue weighted by Crippen LogP contribution is -2.55. The molecule has 29 heavy (non-hydrogen) atoms. The van der Waals surface area contributed by atoms with Crippen molar-refractivity contribution in [2.24, 2.45) is 0 Å². The standard InChI is InChI=1S/C20H24ClN3O3S2/c1-15(20(25)23-8-6-18-16(14-23)7-13-28-18)22-9-11-24(12-10-22)29(26,27)19-5-3-2-4-17(19)21/h2-5,7,13,15H,6,8-12,14H2,1H3. The lowest BCUT2D eigenvalue weighted by Gasteiger charge is -2.39. The average Bonchev–Trinajstić information content (AvgIpc) is 3.21. The molecule has 0 bridgehead atoms. The summed E-state index contributed by atoms with van der Waals surface area (Å²) in [7, 11) is -3.63. The molecule has 3 heterocycles. The Balaban J connectivity index is 1.38. The second kappa shape index (κ2) is 8.35. The van der Waals surface area contributed by atoms with E-state index in [1.807, 2.05) is 11.8 Å². The van der Waals surface area contributed by atoms with Crippen LogP contribution in [0.1, 0.15) is 17.4 Å². The van der Waals surface area contributed by atoms with Gasteiger partial charge in [0.15, 0.2) is 0 Å². The third-order valence-corrected chi connectivity index (χ3v) is 9.17. The fourth-order valence-corrected chi connectivity index (χ4v) is 6.79. The molecule has 2 aliphatic heterocycles. The predicted octanol–water partition coefficient (Wildman–Crippen LogP) is 2.68. The van der Waals surface area contributed by atoms with E-state index in [1.165, 1.54) is 20.8 Å². The van der Waals surface area contributed by atoms with Gasteiger partial charge in [-0.3, -0.25) is 9.69 Å². The first kappa shape index (κ1) is 20.8. The van der Waals surface area contributed by atoms with Crippen LogP contribution in [0.15, 0.2) is 40.6 Å². The van der Waals surface area contributed by atoms with Crippen LogP contribution < -0.4 is 0 Å². The maximum absolute atomic E-state index is 13.0. The van der Waals surface area contributed by atoms with Gasteiger partial charge in [0.2, 0.25) is 15.9 Å². The number of carbonyl (C=O) groups is 1. The molecule has 1 atom stereocenters. The van der Waals surface area contributed by atoms with Gasteiger partial charge < -0.3 is 4.90 Å². The van der Waals surface area contributed by atoms with E-state index in [0.717, 1.165) is 13.0 Å². The Morgan fingerprint density at radius 3 is 2.55 bits per heavy atom. The first-order valence-corrected chi connectivity index (χ1v) is 12.4. The number of nitrogens with zero attached hydrogens (tertiary/aromatic N) is 3. The van der Waals surface area contributed by atoms with Crippen LogP contribution in [0.3, 0.4) is 0 Å². The highest BCUT2D eigenvalue weighted by Gasteiger charge is 2.34. The molecule has 0 spiro atoms. The molecular formula is C20H24ClN3O3S2. The molecule has 1 unspecified atom stereocenters. The highest BCUT2D eigenvalue weighted by Crippen LogP contribution is 2.27. The molecule has 9 heteroatoms. The van der Waals surface area contributed by atoms with E-state index in [2.05, 4.69) is 16.3 Å². The summed E-state index contributed by atoms with van der Waals surface area (Å²) in [6.45, 7) is 5.08. The van der Waals surface area contributed by atoms with Gasteiger partial charge in [0, 0.05) is 44.1 Å². The van der Waals surface area contributed by atoms with Crippen molar-refractivity contribution in [1.82, 2.24) is 14.1 Å². The van der Waals surface area contributed by atoms with E-state index >= 15 is 0 Å². The van der Waals surface area contributed by atoms with E-state index < -0.39 is 10.0 Å². The number of carbonyl (C=O) groups excluding carboxylic acids is 1. The molecular weight excluding hydrogens is 430 g/mol. The molecule has 0 radical (unpaired) electrons. The fraction of sp³-hybridized carbons (Fsp3) is 0.450. The smallest absolute Gasteiger partial charge is 0.244 e. The number of hydrogen-bond donors (Lipinski definition) is 0. The average molecular weight is 454 g/mol. The topological polar surface area (TPSA) is 60.9 Å². The first-order chi connectivity index (χ1) is 13.9. The summed E-state index contributed by atoms with van der Waals surface area (Å²) in [5.74, 6) is 0.115. The molecule has 0 N–H and O–H groups in total. The van der Waals surface area contributed by atoms with Gasteiger partial charge in [-0.2, -0.15) is 4.31 Å². The monoisotopic (exact) mass is 453 g/mol. The number of thiophene rings is 1. The molecule has 1 aromatic carbocycles. The van der Waals surface area contributed by atoms with Crippen molar-refractivity contribution >= 4 is 38.9 Å². The summed E-state index contributed by atoms with van der Waals surface area (Å²) in [6, 6.07) is 8.34. The number of hydrogen-bond acceptors (Lipinski definition) is 5. The van der Waals surface area contributed by atoms with Crippen LogP contribution in [-0.4, -0.2) is 67.2 Å². The van der Waals surface area contributed by atoms with Gasteiger partial charge in [-0.25, -0.2) is 8.42 Å². The number of fused-ring (bicyclic) bond motifs is 1. The van der Waals surface area contributed by atoms with E-state index in [-0.39, 0.29) is 21.9 Å². The van der Waals surface area contributed by atoms with E-state index in [9.17, 15) is 13.2 Å². The van der Waals surface area contributed by atoms with Crippen molar-refractivity contribution in [1.29, 1.82) is 0 Å². The second-order valence-electron chi connectivity index (χ2n) is 7.43. The largest absolute Gasteiger partial charge is 0.337 e. The Bertz CT molecular complexity index is 1000. The fourth-order valence-electron chi connectivity index (χ4n) is 3.98. The minimum atomic E-state index is -3.63. The van der Waals surface area contributed by atoms with Crippen LogP contribution in [0.4, 0.5) is 0 Å². The number of halogens is 1. The Morgan fingerprint density at radius 1 is 1.10 bits per heavy atom. The van der Waals surface area contributed by atoms with Crippen LogP contribution in [0, 0.1) is 0 Å². The maximum Gasteiger partial charge on any atom is 0.244 e. The van der Waals surface area contributed by atoms with Gasteiger partial charge in [0.05, 0.1) is 11.1 Å². The third kappa shape index (κ3) is 4.09. The lowest BCUT2D eigenvalue weighted by atomic mass is 10.1. The summed E-state index contributed by atoms with van der Waals surface area (Å²) in [5.41, 5.74) is 1.25. The number of sulfonamides is 1.